The molecule has 0 amide bonds. The second kappa shape index (κ2) is 4.36. The first-order chi connectivity index (χ1) is 8.57. The van der Waals surface area contributed by atoms with Crippen molar-refractivity contribution in [3.8, 4) is 0 Å². The average molecular weight is 248 g/mol. The Bertz CT molecular complexity index is 380. The molecule has 2 atom stereocenters. The molecule has 3 nitrogen and oxygen atoms in total. The fourth-order valence-corrected chi connectivity index (χ4v) is 4.05. The second-order valence-corrected chi connectivity index (χ2v) is 7.10. The van der Waals surface area contributed by atoms with Gasteiger partial charge in [-0.2, -0.15) is 5.10 Å². The highest BCUT2D eigenvalue weighted by Crippen LogP contribution is 2.41. The van der Waals surface area contributed by atoms with E-state index in [1.807, 2.05) is 0 Å². The van der Waals surface area contributed by atoms with E-state index in [4.69, 9.17) is 0 Å². The van der Waals surface area contributed by atoms with Crippen LogP contribution in [0.25, 0.3) is 0 Å². The quantitative estimate of drug-likeness (QED) is 0.775. The van der Waals surface area contributed by atoms with Crippen LogP contribution in [0.1, 0.15) is 58.8 Å². The molecule has 1 N–H and O–H groups in total. The Morgan fingerprint density at radius 3 is 2.67 bits per heavy atom. The van der Waals surface area contributed by atoms with Gasteiger partial charge in [-0.3, -0.25) is 4.79 Å². The molecule has 2 fully saturated rings. The summed E-state index contributed by atoms with van der Waals surface area (Å²) < 4.78 is 0. The Labute approximate surface area is 109 Å². The summed E-state index contributed by atoms with van der Waals surface area (Å²) in [5.41, 5.74) is 4.60. The lowest BCUT2D eigenvalue weighted by Crippen LogP contribution is -2.46. The minimum atomic E-state index is 0.0983. The molecule has 0 saturated heterocycles. The van der Waals surface area contributed by atoms with E-state index in [9.17, 15) is 4.79 Å². The van der Waals surface area contributed by atoms with Gasteiger partial charge in [-0.05, 0) is 30.6 Å². The van der Waals surface area contributed by atoms with Gasteiger partial charge in [0, 0.05) is 6.42 Å². The zero-order chi connectivity index (χ0) is 12.8. The highest BCUT2D eigenvalue weighted by Gasteiger charge is 2.47. The number of nitrogens with one attached hydrogen (secondary N) is 1. The van der Waals surface area contributed by atoms with Crippen molar-refractivity contribution in [2.75, 3.05) is 0 Å². The molecule has 3 heteroatoms. The maximum Gasteiger partial charge on any atom is 0.144 e. The number of carbonyl (C=O) groups excluding carboxylic acids is 1. The second-order valence-electron chi connectivity index (χ2n) is 7.10. The van der Waals surface area contributed by atoms with Crippen LogP contribution in [0, 0.1) is 17.3 Å². The molecule has 0 bridgehead atoms. The van der Waals surface area contributed by atoms with Crippen molar-refractivity contribution in [2.45, 2.75) is 64.8 Å². The van der Waals surface area contributed by atoms with Crippen molar-refractivity contribution in [1.82, 2.24) is 5.43 Å². The zero-order valence-electron chi connectivity index (χ0n) is 11.5. The highest BCUT2D eigenvalue weighted by atomic mass is 16.1. The molecule has 0 radical (unpaired) electrons. The normalized spacial score (nSPS) is 35.9. The van der Waals surface area contributed by atoms with Crippen LogP contribution in [0.4, 0.5) is 0 Å². The van der Waals surface area contributed by atoms with Gasteiger partial charge in [-0.25, -0.2) is 0 Å². The molecule has 2 saturated carbocycles. The van der Waals surface area contributed by atoms with Crippen molar-refractivity contribution < 1.29 is 4.79 Å². The Kier molecular flexibility index (Phi) is 2.95. The number of nitrogens with zero attached hydrogens (tertiary/aromatic N) is 1. The maximum atomic E-state index is 12.4. The van der Waals surface area contributed by atoms with Crippen molar-refractivity contribution in [1.29, 1.82) is 0 Å². The van der Waals surface area contributed by atoms with Crippen molar-refractivity contribution >= 4 is 11.5 Å². The number of carbonyl (C=O) groups is 1. The van der Waals surface area contributed by atoms with E-state index in [2.05, 4.69) is 24.4 Å². The molecule has 1 aliphatic heterocycles. The van der Waals surface area contributed by atoms with Crippen LogP contribution in [0.3, 0.4) is 0 Å². The van der Waals surface area contributed by atoms with Crippen LogP contribution in [0.15, 0.2) is 5.10 Å². The van der Waals surface area contributed by atoms with Gasteiger partial charge in [-0.1, -0.05) is 33.1 Å². The summed E-state index contributed by atoms with van der Waals surface area (Å²) in [5, 5.41) is 4.57. The van der Waals surface area contributed by atoms with Gasteiger partial charge in [0.1, 0.15) is 5.78 Å². The molecular weight excluding hydrogens is 224 g/mol. The summed E-state index contributed by atoms with van der Waals surface area (Å²) >= 11 is 0. The molecule has 0 aromatic carbocycles. The fraction of sp³-hybridized carbons (Fsp3) is 0.867. The minimum Gasteiger partial charge on any atom is -0.306 e. The summed E-state index contributed by atoms with van der Waals surface area (Å²) in [6.45, 7) is 4.39. The predicted molar refractivity (Wildman–Crippen MR) is 72.4 cm³/mol. The van der Waals surface area contributed by atoms with Crippen LogP contribution in [0.5, 0.6) is 0 Å². The summed E-state index contributed by atoms with van der Waals surface area (Å²) in [5.74, 6) is 1.10. The van der Waals surface area contributed by atoms with Gasteiger partial charge < -0.3 is 5.43 Å². The smallest absolute Gasteiger partial charge is 0.144 e. The van der Waals surface area contributed by atoms with E-state index in [1.54, 1.807) is 0 Å². The largest absolute Gasteiger partial charge is 0.306 e. The lowest BCUT2D eigenvalue weighted by Gasteiger charge is -2.37. The summed E-state index contributed by atoms with van der Waals surface area (Å²) in [6, 6.07) is 0.276. The Hall–Kier alpha value is -0.860. The molecule has 0 aromatic rings. The first kappa shape index (κ1) is 12.2. The highest BCUT2D eigenvalue weighted by molar-refractivity contribution is 6.08. The molecule has 100 valence electrons. The van der Waals surface area contributed by atoms with E-state index in [0.717, 1.165) is 12.8 Å². The van der Waals surface area contributed by atoms with E-state index < -0.39 is 0 Å². The molecule has 2 aliphatic carbocycles. The third-order valence-electron chi connectivity index (χ3n) is 4.88. The Morgan fingerprint density at radius 1 is 1.22 bits per heavy atom. The molecule has 3 rings (SSSR count). The van der Waals surface area contributed by atoms with Crippen molar-refractivity contribution in [3.05, 3.63) is 0 Å². The standard InChI is InChI=1S/C15H24N2O/c1-15(2)8-11-13(12(18)9-15)14(17-16-11)10-6-4-3-5-7-10/h10-11,13,16H,3-9H2,1-2H3/t11-,13+/m1/s1. The van der Waals surface area contributed by atoms with E-state index in [0.29, 0.717) is 11.7 Å². The molecule has 18 heavy (non-hydrogen) atoms. The molecule has 0 unspecified atom stereocenters. The van der Waals surface area contributed by atoms with Crippen molar-refractivity contribution in [3.63, 3.8) is 0 Å². The number of Topliss-reactive ketones (excluding diaryl/α,β-unsaturated/α-hetero) is 1. The zero-order valence-corrected chi connectivity index (χ0v) is 11.5. The van der Waals surface area contributed by atoms with Gasteiger partial charge in [0.2, 0.25) is 0 Å². The van der Waals surface area contributed by atoms with Gasteiger partial charge in [-0.15, -0.1) is 0 Å². The Balaban J connectivity index is 1.77. The predicted octanol–water partition coefficient (Wildman–Crippen LogP) is 2.90. The monoisotopic (exact) mass is 248 g/mol. The summed E-state index contributed by atoms with van der Waals surface area (Å²) in [6.07, 6.45) is 8.24. The maximum absolute atomic E-state index is 12.4. The molecule has 1 heterocycles. The number of hydrogen-bond acceptors (Lipinski definition) is 3. The first-order valence-corrected chi connectivity index (χ1v) is 7.42. The van der Waals surface area contributed by atoms with Crippen LogP contribution in [0.2, 0.25) is 0 Å². The van der Waals surface area contributed by atoms with E-state index in [1.165, 1.54) is 37.8 Å². The topological polar surface area (TPSA) is 41.5 Å². The van der Waals surface area contributed by atoms with Gasteiger partial charge in [0.25, 0.3) is 0 Å². The summed E-state index contributed by atoms with van der Waals surface area (Å²) in [4.78, 5) is 12.4. The number of rotatable bonds is 1. The van der Waals surface area contributed by atoms with E-state index >= 15 is 0 Å². The minimum absolute atomic E-state index is 0.0983. The van der Waals surface area contributed by atoms with Crippen LogP contribution in [-0.4, -0.2) is 17.5 Å². The Morgan fingerprint density at radius 2 is 1.94 bits per heavy atom. The van der Waals surface area contributed by atoms with Crippen LogP contribution < -0.4 is 5.43 Å². The first-order valence-electron chi connectivity index (χ1n) is 7.42. The SMILES string of the molecule is CC1(C)CC(=O)[C@H]2C(C3CCCCC3)=NN[C@@H]2C1. The van der Waals surface area contributed by atoms with Crippen LogP contribution >= 0.6 is 0 Å². The van der Waals surface area contributed by atoms with Gasteiger partial charge in [0.05, 0.1) is 17.7 Å². The average Bonchev–Trinajstić information content (AvgIpc) is 2.72. The number of ketones is 1. The molecule has 0 spiro atoms. The molecular formula is C15H24N2O. The van der Waals surface area contributed by atoms with Crippen LogP contribution in [-0.2, 0) is 4.79 Å². The molecule has 0 aromatic heterocycles. The number of fused-ring (bicyclic) bond motifs is 1. The summed E-state index contributed by atoms with van der Waals surface area (Å²) in [7, 11) is 0. The van der Waals surface area contributed by atoms with Gasteiger partial charge >= 0.3 is 0 Å². The lowest BCUT2D eigenvalue weighted by molar-refractivity contribution is -0.126. The fourth-order valence-electron chi connectivity index (χ4n) is 4.05. The third-order valence-corrected chi connectivity index (χ3v) is 4.88. The lowest BCUT2D eigenvalue weighted by atomic mass is 9.66. The van der Waals surface area contributed by atoms with Gasteiger partial charge in [0.15, 0.2) is 0 Å². The number of hydrazone groups is 1. The molecule has 3 aliphatic rings. The van der Waals surface area contributed by atoms with E-state index in [-0.39, 0.29) is 17.4 Å². The third kappa shape index (κ3) is 2.08. The van der Waals surface area contributed by atoms with Crippen molar-refractivity contribution in [2.24, 2.45) is 22.4 Å². The number of hydrogen-bond donors (Lipinski definition) is 1.